The Balaban J connectivity index is 2.35. The Morgan fingerprint density at radius 2 is 2.33 bits per heavy atom. The maximum Gasteiger partial charge on any atom is 0.0685 e. The van der Waals surface area contributed by atoms with Crippen LogP contribution in [0.2, 0.25) is 0 Å². The van der Waals surface area contributed by atoms with Gasteiger partial charge in [0.25, 0.3) is 0 Å². The van der Waals surface area contributed by atoms with Crippen molar-refractivity contribution >= 4 is 11.3 Å². The quantitative estimate of drug-likeness (QED) is 0.679. The lowest BCUT2D eigenvalue weighted by molar-refractivity contribution is 1.25. The van der Waals surface area contributed by atoms with Gasteiger partial charge in [-0.25, -0.2) is 0 Å². The molecule has 1 aromatic heterocycles. The number of pyridine rings is 1. The third-order valence-electron chi connectivity index (χ3n) is 1.88. The Morgan fingerprint density at radius 1 is 1.42 bits per heavy atom. The fourth-order valence-electron chi connectivity index (χ4n) is 1.26. The maximum absolute atomic E-state index is 5.64. The van der Waals surface area contributed by atoms with Crippen molar-refractivity contribution in [2.45, 2.75) is 6.42 Å². The molecule has 0 fully saturated rings. The summed E-state index contributed by atoms with van der Waals surface area (Å²) < 4.78 is 0. The number of anilines is 1. The number of rotatable bonds is 1. The number of aromatic nitrogens is 1. The van der Waals surface area contributed by atoms with Crippen LogP contribution >= 0.6 is 0 Å². The number of nitrogen functional groups attached to an aromatic ring is 1. The van der Waals surface area contributed by atoms with E-state index >= 15 is 0 Å². The van der Waals surface area contributed by atoms with Crippen molar-refractivity contribution in [2.75, 3.05) is 5.73 Å². The molecule has 0 saturated carbocycles. The fraction of sp³-hybridized carbons (Fsp3) is 0.100. The molecule has 2 rings (SSSR count). The third-order valence-corrected chi connectivity index (χ3v) is 1.88. The van der Waals surface area contributed by atoms with Gasteiger partial charge in [0, 0.05) is 11.9 Å². The highest BCUT2D eigenvalue weighted by Gasteiger charge is 2.03. The first-order chi connectivity index (χ1) is 5.86. The van der Waals surface area contributed by atoms with E-state index in [4.69, 9.17) is 5.73 Å². The van der Waals surface area contributed by atoms with E-state index in [0.29, 0.717) is 0 Å². The summed E-state index contributed by atoms with van der Waals surface area (Å²) in [7, 11) is 0. The normalized spacial score (nSPS) is 14.8. The average molecular weight is 158 g/mol. The van der Waals surface area contributed by atoms with Gasteiger partial charge in [-0.1, -0.05) is 18.2 Å². The van der Waals surface area contributed by atoms with Crippen LogP contribution in [0.3, 0.4) is 0 Å². The molecule has 60 valence electrons. The summed E-state index contributed by atoms with van der Waals surface area (Å²) in [5.74, 6) is 0. The van der Waals surface area contributed by atoms with Crippen LogP contribution in [0, 0.1) is 0 Å². The molecule has 12 heavy (non-hydrogen) atoms. The summed E-state index contributed by atoms with van der Waals surface area (Å²) in [5, 5.41) is 0. The van der Waals surface area contributed by atoms with Gasteiger partial charge in [0.05, 0.1) is 5.69 Å². The molecule has 1 heterocycles. The zero-order chi connectivity index (χ0) is 8.39. The van der Waals surface area contributed by atoms with Crippen LogP contribution in [-0.2, 0) is 0 Å². The maximum atomic E-state index is 5.64. The lowest BCUT2D eigenvalue weighted by atomic mass is 10.1. The molecule has 0 radical (unpaired) electrons. The molecular formula is C10H10N2. The molecule has 0 atom stereocenters. The highest BCUT2D eigenvalue weighted by Crippen LogP contribution is 2.21. The van der Waals surface area contributed by atoms with Gasteiger partial charge in [-0.2, -0.15) is 0 Å². The minimum atomic E-state index is 0.771. The van der Waals surface area contributed by atoms with Crippen molar-refractivity contribution in [1.82, 2.24) is 4.98 Å². The first kappa shape index (κ1) is 7.10. The van der Waals surface area contributed by atoms with Crippen molar-refractivity contribution in [1.29, 1.82) is 0 Å². The van der Waals surface area contributed by atoms with Gasteiger partial charge < -0.3 is 5.73 Å². The zero-order valence-corrected chi connectivity index (χ0v) is 6.70. The Labute approximate surface area is 71.4 Å². The molecule has 0 saturated heterocycles. The number of allylic oxidation sites excluding steroid dienone is 4. The van der Waals surface area contributed by atoms with Crippen molar-refractivity contribution in [3.8, 4) is 0 Å². The van der Waals surface area contributed by atoms with Crippen LogP contribution < -0.4 is 5.73 Å². The third kappa shape index (κ3) is 1.23. The molecule has 2 nitrogen and oxygen atoms in total. The van der Waals surface area contributed by atoms with Crippen molar-refractivity contribution in [3.63, 3.8) is 0 Å². The van der Waals surface area contributed by atoms with Crippen molar-refractivity contribution < 1.29 is 0 Å². The molecule has 0 aliphatic heterocycles. The number of hydrogen-bond donors (Lipinski definition) is 1. The van der Waals surface area contributed by atoms with Crippen LogP contribution in [-0.4, -0.2) is 4.98 Å². The second-order valence-electron chi connectivity index (χ2n) is 2.80. The van der Waals surface area contributed by atoms with Gasteiger partial charge >= 0.3 is 0 Å². The van der Waals surface area contributed by atoms with E-state index in [9.17, 15) is 0 Å². The first-order valence-corrected chi connectivity index (χ1v) is 3.94. The Kier molecular flexibility index (Phi) is 1.67. The SMILES string of the molecule is Nc1ccnc(C2=CC=CC2)c1. The van der Waals surface area contributed by atoms with Crippen molar-refractivity contribution in [3.05, 3.63) is 42.3 Å². The van der Waals surface area contributed by atoms with Crippen LogP contribution in [0.4, 0.5) is 5.69 Å². The van der Waals surface area contributed by atoms with Gasteiger partial charge in [0.15, 0.2) is 0 Å². The van der Waals surface area contributed by atoms with Gasteiger partial charge in [0.2, 0.25) is 0 Å². The van der Waals surface area contributed by atoms with E-state index in [1.165, 1.54) is 5.57 Å². The lowest BCUT2D eigenvalue weighted by Crippen LogP contribution is -1.90. The standard InChI is InChI=1S/C10H10N2/c11-9-5-6-12-10(7-9)8-3-1-2-4-8/h1-3,5-7H,4H2,(H2,11,12). The Morgan fingerprint density at radius 3 is 3.00 bits per heavy atom. The van der Waals surface area contributed by atoms with E-state index < -0.39 is 0 Å². The second kappa shape index (κ2) is 2.81. The molecule has 0 amide bonds. The number of hydrogen-bond acceptors (Lipinski definition) is 2. The van der Waals surface area contributed by atoms with Gasteiger partial charge in [0.1, 0.15) is 0 Å². The average Bonchev–Trinajstić information content (AvgIpc) is 2.56. The molecule has 2 N–H and O–H groups in total. The second-order valence-corrected chi connectivity index (χ2v) is 2.80. The predicted molar refractivity (Wildman–Crippen MR) is 50.4 cm³/mol. The summed E-state index contributed by atoms with van der Waals surface area (Å²) in [6.07, 6.45) is 8.93. The first-order valence-electron chi connectivity index (χ1n) is 3.94. The minimum absolute atomic E-state index is 0.771. The summed E-state index contributed by atoms with van der Waals surface area (Å²) in [5.41, 5.74) is 8.63. The van der Waals surface area contributed by atoms with Gasteiger partial charge in [-0.3, -0.25) is 4.98 Å². The Hall–Kier alpha value is -1.57. The molecule has 1 aromatic rings. The van der Waals surface area contributed by atoms with Gasteiger partial charge in [-0.15, -0.1) is 0 Å². The summed E-state index contributed by atoms with van der Waals surface area (Å²) in [6, 6.07) is 3.70. The molecule has 0 bridgehead atoms. The van der Waals surface area contributed by atoms with E-state index in [2.05, 4.69) is 17.1 Å². The molecule has 0 unspecified atom stereocenters. The molecule has 0 aromatic carbocycles. The number of nitrogens with two attached hydrogens (primary N) is 1. The summed E-state index contributed by atoms with van der Waals surface area (Å²) >= 11 is 0. The van der Waals surface area contributed by atoms with E-state index in [0.717, 1.165) is 17.8 Å². The minimum Gasteiger partial charge on any atom is -0.399 e. The predicted octanol–water partition coefficient (Wildman–Crippen LogP) is 2.01. The van der Waals surface area contributed by atoms with E-state index in [1.54, 1.807) is 12.3 Å². The van der Waals surface area contributed by atoms with Crippen LogP contribution in [0.25, 0.3) is 5.57 Å². The smallest absolute Gasteiger partial charge is 0.0685 e. The van der Waals surface area contributed by atoms with Crippen molar-refractivity contribution in [2.24, 2.45) is 0 Å². The van der Waals surface area contributed by atoms with Crippen LogP contribution in [0.15, 0.2) is 36.6 Å². The lowest BCUT2D eigenvalue weighted by Gasteiger charge is -2.00. The molecule has 0 spiro atoms. The van der Waals surface area contributed by atoms with Gasteiger partial charge in [-0.05, 0) is 24.1 Å². The summed E-state index contributed by atoms with van der Waals surface area (Å²) in [6.45, 7) is 0. The molecule has 1 aliphatic rings. The largest absolute Gasteiger partial charge is 0.399 e. The highest BCUT2D eigenvalue weighted by molar-refractivity contribution is 5.69. The monoisotopic (exact) mass is 158 g/mol. The topological polar surface area (TPSA) is 38.9 Å². The number of nitrogens with zero attached hydrogens (tertiary/aromatic N) is 1. The zero-order valence-electron chi connectivity index (χ0n) is 6.70. The van der Waals surface area contributed by atoms with E-state index in [-0.39, 0.29) is 0 Å². The van der Waals surface area contributed by atoms with Crippen LogP contribution in [0.1, 0.15) is 12.1 Å². The summed E-state index contributed by atoms with van der Waals surface area (Å²) in [4.78, 5) is 4.23. The van der Waals surface area contributed by atoms with E-state index in [1.807, 2.05) is 12.1 Å². The molecular weight excluding hydrogens is 148 g/mol. The Bertz CT molecular complexity index is 351. The molecule has 2 heteroatoms. The molecule has 1 aliphatic carbocycles. The van der Waals surface area contributed by atoms with Crippen LogP contribution in [0.5, 0.6) is 0 Å². The fourth-order valence-corrected chi connectivity index (χ4v) is 1.26. The highest BCUT2D eigenvalue weighted by atomic mass is 14.7.